The number of amides is 1. The molecule has 1 amide bonds. The summed E-state index contributed by atoms with van der Waals surface area (Å²) in [5, 5.41) is 11.6. The number of aryl methyl sites for hydroxylation is 1. The average molecular weight is 326 g/mol. The first-order valence-electron chi connectivity index (χ1n) is 6.00. The Morgan fingerprint density at radius 2 is 2.24 bits per heavy atom. The maximum absolute atomic E-state index is 12.4. The van der Waals surface area contributed by atoms with E-state index in [0.717, 1.165) is 9.88 Å². The second-order valence-electron chi connectivity index (χ2n) is 4.40. The molecule has 0 saturated heterocycles. The van der Waals surface area contributed by atoms with Gasteiger partial charge in [-0.1, -0.05) is 17.7 Å². The molecule has 0 aliphatic carbocycles. The van der Waals surface area contributed by atoms with Crippen LogP contribution in [0.1, 0.15) is 20.2 Å². The Hall–Kier alpha value is -1.99. The van der Waals surface area contributed by atoms with Crippen molar-refractivity contribution < 1.29 is 9.72 Å². The lowest BCUT2D eigenvalue weighted by molar-refractivity contribution is -0.384. The van der Waals surface area contributed by atoms with Crippen LogP contribution in [0.15, 0.2) is 24.4 Å². The summed E-state index contributed by atoms with van der Waals surface area (Å²) in [6.45, 7) is 2.26. The summed E-state index contributed by atoms with van der Waals surface area (Å²) in [5.41, 5.74) is -0.154. The van der Waals surface area contributed by atoms with Crippen LogP contribution in [0.2, 0.25) is 5.02 Å². The van der Waals surface area contributed by atoms with Gasteiger partial charge in [-0.15, -0.1) is 11.3 Å². The van der Waals surface area contributed by atoms with E-state index >= 15 is 0 Å². The van der Waals surface area contributed by atoms with Gasteiger partial charge in [0.2, 0.25) is 0 Å². The fourth-order valence-corrected chi connectivity index (χ4v) is 2.94. The third-order valence-corrected chi connectivity index (χ3v) is 4.11. The van der Waals surface area contributed by atoms with Crippen molar-refractivity contribution in [3.05, 3.63) is 55.0 Å². The Balaban J connectivity index is 2.23. The molecule has 2 rings (SSSR count). The maximum atomic E-state index is 12.4. The maximum Gasteiger partial charge on any atom is 0.288 e. The molecule has 8 heteroatoms. The molecule has 1 aromatic carbocycles. The normalized spacial score (nSPS) is 10.4. The summed E-state index contributed by atoms with van der Waals surface area (Å²) in [6.07, 6.45) is 1.71. The van der Waals surface area contributed by atoms with Gasteiger partial charge in [0.05, 0.1) is 22.0 Å². The molecule has 0 saturated carbocycles. The van der Waals surface area contributed by atoms with Crippen molar-refractivity contribution in [3.8, 4) is 0 Å². The van der Waals surface area contributed by atoms with Crippen molar-refractivity contribution >= 4 is 34.5 Å². The molecule has 0 radical (unpaired) electrons. The number of hydrogen-bond donors (Lipinski definition) is 0. The summed E-state index contributed by atoms with van der Waals surface area (Å²) in [4.78, 5) is 29.1. The van der Waals surface area contributed by atoms with Gasteiger partial charge >= 0.3 is 0 Å². The van der Waals surface area contributed by atoms with Gasteiger partial charge in [0, 0.05) is 24.2 Å². The van der Waals surface area contributed by atoms with E-state index in [1.807, 2.05) is 6.92 Å². The number of benzene rings is 1. The van der Waals surface area contributed by atoms with Gasteiger partial charge in [-0.25, -0.2) is 4.98 Å². The molecule has 0 spiro atoms. The highest BCUT2D eigenvalue weighted by Crippen LogP contribution is 2.28. The molecule has 0 fully saturated rings. The molecule has 0 N–H and O–H groups in total. The first-order chi connectivity index (χ1) is 9.90. The van der Waals surface area contributed by atoms with Crippen LogP contribution in [0.4, 0.5) is 5.69 Å². The zero-order chi connectivity index (χ0) is 15.6. The summed E-state index contributed by atoms with van der Waals surface area (Å²) < 4.78 is 0. The van der Waals surface area contributed by atoms with E-state index in [0.29, 0.717) is 6.54 Å². The molecule has 0 atom stereocenters. The smallest absolute Gasteiger partial charge is 0.288 e. The topological polar surface area (TPSA) is 76.3 Å². The Labute approximate surface area is 130 Å². The summed E-state index contributed by atoms with van der Waals surface area (Å²) in [6, 6.07) is 4.19. The molecule has 110 valence electrons. The predicted molar refractivity (Wildman–Crippen MR) is 80.8 cm³/mol. The number of rotatable bonds is 4. The minimum absolute atomic E-state index is 0.120. The van der Waals surface area contributed by atoms with E-state index < -0.39 is 4.92 Å². The Kier molecular flexibility index (Phi) is 4.54. The number of carbonyl (C=O) groups excluding carboxylic acids is 1. The van der Waals surface area contributed by atoms with E-state index in [4.69, 9.17) is 11.6 Å². The first-order valence-corrected chi connectivity index (χ1v) is 7.19. The van der Waals surface area contributed by atoms with Crippen molar-refractivity contribution in [2.75, 3.05) is 7.05 Å². The fraction of sp³-hybridized carbons (Fsp3) is 0.231. The van der Waals surface area contributed by atoms with Gasteiger partial charge < -0.3 is 4.90 Å². The molecule has 0 aliphatic heterocycles. The Bertz CT molecular complexity index is 702. The molecular formula is C13H12ClN3O3S. The molecule has 2 aromatic rings. The highest BCUT2D eigenvalue weighted by molar-refractivity contribution is 7.11. The number of aromatic nitrogens is 1. The largest absolute Gasteiger partial charge is 0.336 e. The highest BCUT2D eigenvalue weighted by Gasteiger charge is 2.22. The number of carbonyl (C=O) groups is 1. The molecule has 1 aromatic heterocycles. The van der Waals surface area contributed by atoms with Crippen LogP contribution in [0.25, 0.3) is 0 Å². The number of nitro groups is 1. The Morgan fingerprint density at radius 1 is 1.52 bits per heavy atom. The minimum Gasteiger partial charge on any atom is -0.336 e. The van der Waals surface area contributed by atoms with Gasteiger partial charge in [-0.3, -0.25) is 14.9 Å². The third kappa shape index (κ3) is 3.37. The molecule has 0 bridgehead atoms. The van der Waals surface area contributed by atoms with E-state index in [-0.39, 0.29) is 22.2 Å². The fourth-order valence-electron chi connectivity index (χ4n) is 1.82. The number of halogens is 1. The van der Waals surface area contributed by atoms with Crippen LogP contribution in [-0.2, 0) is 6.54 Å². The molecule has 21 heavy (non-hydrogen) atoms. The summed E-state index contributed by atoms with van der Waals surface area (Å²) >= 11 is 7.45. The van der Waals surface area contributed by atoms with E-state index in [2.05, 4.69) is 4.98 Å². The minimum atomic E-state index is -0.605. The lowest BCUT2D eigenvalue weighted by Gasteiger charge is -2.16. The number of nitro benzene ring substituents is 1. The Morgan fingerprint density at radius 3 is 2.81 bits per heavy atom. The standard InChI is InChI=1S/C13H12ClN3O3S/c1-8-15-6-9(21-8)7-16(2)13(18)10-4-3-5-11(12(10)14)17(19)20/h3-6H,7H2,1-2H3. The molecule has 1 heterocycles. The van der Waals surface area contributed by atoms with Crippen molar-refractivity contribution in [1.29, 1.82) is 0 Å². The second kappa shape index (κ2) is 6.19. The van der Waals surface area contributed by atoms with Crippen molar-refractivity contribution in [2.45, 2.75) is 13.5 Å². The van der Waals surface area contributed by atoms with Crippen LogP contribution >= 0.6 is 22.9 Å². The lowest BCUT2D eigenvalue weighted by Crippen LogP contribution is -2.26. The molecule has 0 unspecified atom stereocenters. The lowest BCUT2D eigenvalue weighted by atomic mass is 10.1. The quantitative estimate of drug-likeness (QED) is 0.638. The van der Waals surface area contributed by atoms with Gasteiger partial charge in [0.15, 0.2) is 0 Å². The van der Waals surface area contributed by atoms with E-state index in [1.165, 1.54) is 34.4 Å². The zero-order valence-electron chi connectivity index (χ0n) is 11.4. The van der Waals surface area contributed by atoms with E-state index in [1.54, 1.807) is 13.2 Å². The predicted octanol–water partition coefficient (Wildman–Crippen LogP) is 3.29. The van der Waals surface area contributed by atoms with Crippen molar-refractivity contribution in [3.63, 3.8) is 0 Å². The molecule has 0 aliphatic rings. The first kappa shape index (κ1) is 15.4. The average Bonchev–Trinajstić information content (AvgIpc) is 2.83. The van der Waals surface area contributed by atoms with Crippen LogP contribution in [-0.4, -0.2) is 27.8 Å². The SMILES string of the molecule is Cc1ncc(CN(C)C(=O)c2cccc([N+](=O)[O-])c2Cl)s1. The summed E-state index contributed by atoms with van der Waals surface area (Å²) in [7, 11) is 1.62. The van der Waals surface area contributed by atoms with Gasteiger partial charge in [-0.2, -0.15) is 0 Å². The number of thiazole rings is 1. The number of nitrogens with zero attached hydrogens (tertiary/aromatic N) is 3. The van der Waals surface area contributed by atoms with Crippen LogP contribution in [0.3, 0.4) is 0 Å². The zero-order valence-corrected chi connectivity index (χ0v) is 12.9. The van der Waals surface area contributed by atoms with Crippen LogP contribution in [0, 0.1) is 17.0 Å². The van der Waals surface area contributed by atoms with Crippen LogP contribution in [0.5, 0.6) is 0 Å². The van der Waals surface area contributed by atoms with Gasteiger partial charge in [-0.05, 0) is 13.0 Å². The third-order valence-electron chi connectivity index (χ3n) is 2.81. The monoisotopic (exact) mass is 325 g/mol. The van der Waals surface area contributed by atoms with Gasteiger partial charge in [0.25, 0.3) is 11.6 Å². The van der Waals surface area contributed by atoms with Crippen LogP contribution < -0.4 is 0 Å². The van der Waals surface area contributed by atoms with Crippen molar-refractivity contribution in [1.82, 2.24) is 9.88 Å². The van der Waals surface area contributed by atoms with E-state index in [9.17, 15) is 14.9 Å². The molecule has 6 nitrogen and oxygen atoms in total. The summed E-state index contributed by atoms with van der Waals surface area (Å²) in [5.74, 6) is -0.366. The highest BCUT2D eigenvalue weighted by atomic mass is 35.5. The number of hydrogen-bond acceptors (Lipinski definition) is 5. The second-order valence-corrected chi connectivity index (χ2v) is 6.10. The van der Waals surface area contributed by atoms with Crippen molar-refractivity contribution in [2.24, 2.45) is 0 Å². The molecular weight excluding hydrogens is 314 g/mol. The van der Waals surface area contributed by atoms with Gasteiger partial charge in [0.1, 0.15) is 5.02 Å².